The molecule has 12 nitrogen and oxygen atoms in total. The van der Waals surface area contributed by atoms with Crippen molar-refractivity contribution < 1.29 is 18.9 Å². The number of nitriles is 2. The summed E-state index contributed by atoms with van der Waals surface area (Å²) in [6.45, 7) is 0. The van der Waals surface area contributed by atoms with Crippen LogP contribution in [0.4, 0.5) is 0 Å². The van der Waals surface area contributed by atoms with Gasteiger partial charge in [-0.2, -0.15) is 10.5 Å². The number of halogens is 1. The van der Waals surface area contributed by atoms with Crippen molar-refractivity contribution in [1.82, 2.24) is 29.9 Å². The Hall–Kier alpha value is -12.3. The topological polar surface area (TPSA) is 192 Å². The standard InChI is InChI=1S/C50H38N4O.C43H34BrN3O.C7H6BNO2/c51-30-32-13-15-35(16-14-32)36-17-21-39(22-18-36)49-26-33-25-34(27-49)29-50(28-33,31-49)40-23-19-38(20-24-40)47-52-46(37-7-2-1-3-8-37)53-48(54-47)42-10-6-12-44-45(42)41-9-4-5-11-43(41)55-44;44-33-19-17-32(18-20-33)43-24-27-21-28(25-43)23-42(22-27,26-43)31-15-13-30(14-16-31)40-45-39(29-7-2-1-3-8-29)46-41(47-40)35-10-6-12-37-38(35)34-9-4-5-11-36(34)48-37;9-5-6-1-3-7(4-2-6)8(10)11/h1-24,33-34H,25-29,31H2;1-20,27-28H,21-26H2;1-4,10-11H. The molecule has 24 rings (SSSR count). The molecule has 2 N–H and O–H groups in total. The maximum Gasteiger partial charge on any atom is 0.488 e. The fraction of sp³-hybridized carbons (Fsp3) is 0.200. The summed E-state index contributed by atoms with van der Waals surface area (Å²) in [6, 6.07) is 104. The Morgan fingerprint density at radius 3 is 0.974 bits per heavy atom. The number of benzene rings is 12. The van der Waals surface area contributed by atoms with Crippen LogP contribution in [0.5, 0.6) is 0 Å². The van der Waals surface area contributed by atoms with E-state index in [1.54, 1.807) is 0 Å². The van der Waals surface area contributed by atoms with Crippen molar-refractivity contribution in [3.8, 4) is 91.6 Å². The quantitative estimate of drug-likeness (QED) is 0.110. The minimum atomic E-state index is -1.46. The molecule has 8 saturated carbocycles. The number of hydrogen-bond donors (Lipinski definition) is 2. The van der Waals surface area contributed by atoms with Gasteiger partial charge < -0.3 is 18.9 Å². The average molecular weight is 1550 g/mol. The molecule has 0 spiro atoms. The second-order valence-electron chi connectivity index (χ2n) is 33.0. The van der Waals surface area contributed by atoms with Crippen LogP contribution in [0.15, 0.2) is 304 Å². The molecule has 4 aromatic heterocycles. The summed E-state index contributed by atoms with van der Waals surface area (Å²) in [4.78, 5) is 30.6. The summed E-state index contributed by atoms with van der Waals surface area (Å²) in [5.41, 5.74) is 20.0. The van der Waals surface area contributed by atoms with Crippen LogP contribution in [0, 0.1) is 46.3 Å². The second-order valence-corrected chi connectivity index (χ2v) is 33.9. The van der Waals surface area contributed by atoms with Crippen molar-refractivity contribution >= 4 is 72.4 Å². The first kappa shape index (κ1) is 70.8. The molecule has 114 heavy (non-hydrogen) atoms. The molecule has 0 aliphatic heterocycles. The number of hydrogen-bond acceptors (Lipinski definition) is 12. The third-order valence-corrected chi connectivity index (χ3v) is 26.4. The van der Waals surface area contributed by atoms with E-state index in [4.69, 9.17) is 54.0 Å². The smallest absolute Gasteiger partial charge is 0.456 e. The maximum absolute atomic E-state index is 9.24. The molecular weight excluding hydrogens is 1470 g/mol. The predicted octanol–water partition coefficient (Wildman–Crippen LogP) is 22.7. The van der Waals surface area contributed by atoms with Gasteiger partial charge in [0.15, 0.2) is 34.9 Å². The molecule has 8 aliphatic carbocycles. The third-order valence-electron chi connectivity index (χ3n) is 25.9. The van der Waals surface area contributed by atoms with Crippen molar-refractivity contribution in [2.75, 3.05) is 0 Å². The van der Waals surface area contributed by atoms with Gasteiger partial charge in [0.1, 0.15) is 22.3 Å². The maximum atomic E-state index is 9.24. The van der Waals surface area contributed by atoms with Crippen LogP contribution in [0.1, 0.15) is 110 Å². The van der Waals surface area contributed by atoms with Crippen LogP contribution in [0.25, 0.3) is 123 Å². The molecule has 12 aromatic carbocycles. The fourth-order valence-electron chi connectivity index (χ4n) is 21.7. The lowest BCUT2D eigenvalue weighted by Crippen LogP contribution is -2.55. The zero-order valence-corrected chi connectivity index (χ0v) is 64.3. The molecule has 0 saturated heterocycles. The van der Waals surface area contributed by atoms with Gasteiger partial charge in [-0.15, -0.1) is 0 Å². The molecule has 8 fully saturated rings. The summed E-state index contributed by atoms with van der Waals surface area (Å²) in [5, 5.41) is 39.1. The molecule has 4 unspecified atom stereocenters. The summed E-state index contributed by atoms with van der Waals surface area (Å²) in [6.07, 6.45) is 15.6. The minimum Gasteiger partial charge on any atom is -0.456 e. The van der Waals surface area contributed by atoms with Gasteiger partial charge in [0.25, 0.3) is 0 Å². The van der Waals surface area contributed by atoms with Crippen LogP contribution in [-0.2, 0) is 21.7 Å². The lowest BCUT2D eigenvalue weighted by atomic mass is 9.41. The molecule has 14 heteroatoms. The lowest BCUT2D eigenvalue weighted by Gasteiger charge is -2.63. The van der Waals surface area contributed by atoms with Crippen LogP contribution in [-0.4, -0.2) is 47.1 Å². The van der Waals surface area contributed by atoms with Crippen LogP contribution < -0.4 is 5.46 Å². The monoisotopic (exact) mass is 1540 g/mol. The average Bonchev–Trinajstić information content (AvgIpc) is 0.868. The van der Waals surface area contributed by atoms with E-state index in [1.807, 2.05) is 115 Å². The van der Waals surface area contributed by atoms with Crippen molar-refractivity contribution in [3.63, 3.8) is 0 Å². The normalized spacial score (nSPS) is 22.0. The zero-order valence-electron chi connectivity index (χ0n) is 62.8. The minimum absolute atomic E-state index is 0.172. The molecule has 0 radical (unpaired) electrons. The van der Waals surface area contributed by atoms with E-state index in [2.05, 4.69) is 180 Å². The molecule has 8 bridgehead atoms. The summed E-state index contributed by atoms with van der Waals surface area (Å²) < 4.78 is 13.6. The molecule has 0 amide bonds. The zero-order chi connectivity index (χ0) is 76.7. The van der Waals surface area contributed by atoms with E-state index in [1.165, 1.54) is 129 Å². The van der Waals surface area contributed by atoms with Crippen molar-refractivity contribution in [2.45, 2.75) is 98.7 Å². The van der Waals surface area contributed by atoms with E-state index < -0.39 is 7.12 Å². The van der Waals surface area contributed by atoms with Crippen molar-refractivity contribution in [2.24, 2.45) is 23.7 Å². The van der Waals surface area contributed by atoms with Gasteiger partial charge in [0.2, 0.25) is 0 Å². The van der Waals surface area contributed by atoms with Crippen molar-refractivity contribution in [3.05, 3.63) is 329 Å². The van der Waals surface area contributed by atoms with Gasteiger partial charge in [-0.3, -0.25) is 0 Å². The first-order chi connectivity index (χ1) is 55.8. The second kappa shape index (κ2) is 28.7. The molecular formula is C100H78BBrN8O4. The Balaban J connectivity index is 0.000000131. The van der Waals surface area contributed by atoms with E-state index in [0.29, 0.717) is 51.5 Å². The lowest BCUT2D eigenvalue weighted by molar-refractivity contribution is -0.0282. The van der Waals surface area contributed by atoms with Crippen molar-refractivity contribution in [1.29, 1.82) is 10.5 Å². The van der Waals surface area contributed by atoms with Gasteiger partial charge in [-0.1, -0.05) is 246 Å². The third kappa shape index (κ3) is 13.0. The van der Waals surface area contributed by atoms with Crippen LogP contribution in [0.2, 0.25) is 0 Å². The molecule has 552 valence electrons. The van der Waals surface area contributed by atoms with Gasteiger partial charge in [0, 0.05) is 59.4 Å². The van der Waals surface area contributed by atoms with E-state index in [-0.39, 0.29) is 21.7 Å². The number of furan rings is 2. The first-order valence-corrected chi connectivity index (χ1v) is 40.5. The highest BCUT2D eigenvalue weighted by atomic mass is 79.9. The Labute approximate surface area is 670 Å². The van der Waals surface area contributed by atoms with Gasteiger partial charge in [0.05, 0.1) is 23.3 Å². The SMILES string of the molecule is Brc1ccc(C23CC4CC(C2)CC(c2ccc(-c5nc(-c6ccccc6)nc(-c6cccc7oc8ccccc8c67)n5)cc2)(C4)C3)cc1.N#Cc1ccc(-c2ccc(C34CC5CC(C3)CC(c3ccc(-c6nc(-c7ccccc7)nc(-c7cccc8oc9ccccc9c78)n6)cc3)(C5)C4)cc2)cc1.N#Cc1ccc(B(O)O)cc1. The molecule has 16 aromatic rings. The summed E-state index contributed by atoms with van der Waals surface area (Å²) in [7, 11) is -1.46. The molecule has 4 heterocycles. The predicted molar refractivity (Wildman–Crippen MR) is 455 cm³/mol. The van der Waals surface area contributed by atoms with Gasteiger partial charge in [-0.25, -0.2) is 29.9 Å². The van der Waals surface area contributed by atoms with E-state index in [0.717, 1.165) is 111 Å². The van der Waals surface area contributed by atoms with E-state index >= 15 is 0 Å². The van der Waals surface area contributed by atoms with Crippen LogP contribution in [0.3, 0.4) is 0 Å². The molecule has 4 atom stereocenters. The largest absolute Gasteiger partial charge is 0.488 e. The number of rotatable bonds is 12. The summed E-state index contributed by atoms with van der Waals surface area (Å²) in [5.74, 6) is 7.07. The summed E-state index contributed by atoms with van der Waals surface area (Å²) >= 11 is 3.66. The first-order valence-electron chi connectivity index (χ1n) is 39.7. The van der Waals surface area contributed by atoms with Gasteiger partial charge >= 0.3 is 7.12 Å². The number of fused-ring (bicyclic) bond motifs is 6. The Morgan fingerprint density at radius 2 is 0.614 bits per heavy atom. The highest BCUT2D eigenvalue weighted by Crippen LogP contribution is 2.68. The number of aromatic nitrogens is 6. The van der Waals surface area contributed by atoms with Crippen LogP contribution >= 0.6 is 15.9 Å². The number of nitrogens with zero attached hydrogens (tertiary/aromatic N) is 8. The fourth-order valence-corrected chi connectivity index (χ4v) is 22.0. The Morgan fingerprint density at radius 1 is 0.316 bits per heavy atom. The molecule has 8 aliphatic rings. The Bertz CT molecular complexity index is 6390. The highest BCUT2D eigenvalue weighted by Gasteiger charge is 2.60. The number of para-hydroxylation sites is 2. The van der Waals surface area contributed by atoms with E-state index in [9.17, 15) is 5.26 Å². The Kier molecular flexibility index (Phi) is 17.8. The highest BCUT2D eigenvalue weighted by molar-refractivity contribution is 9.10. The van der Waals surface area contributed by atoms with Gasteiger partial charge in [-0.05, 0) is 222 Å².